The number of fused-ring (bicyclic) bond motifs is 4. The molecule has 2 saturated heterocycles. The highest BCUT2D eigenvalue weighted by molar-refractivity contribution is 6.15. The number of carbonyl (C=O) groups is 3. The predicted octanol–water partition coefficient (Wildman–Crippen LogP) is 1.39. The van der Waals surface area contributed by atoms with Crippen LogP contribution in [0.25, 0.3) is 0 Å². The van der Waals surface area contributed by atoms with Gasteiger partial charge in [0.15, 0.2) is 0 Å². The molecule has 7 heteroatoms. The van der Waals surface area contributed by atoms with E-state index < -0.39 is 35.0 Å². The summed E-state index contributed by atoms with van der Waals surface area (Å²) in [5.74, 6) is -3.19. The highest BCUT2D eigenvalue weighted by Crippen LogP contribution is 2.53. The van der Waals surface area contributed by atoms with Crippen molar-refractivity contribution < 1.29 is 18.8 Å². The van der Waals surface area contributed by atoms with Gasteiger partial charge in [-0.05, 0) is 24.1 Å². The van der Waals surface area contributed by atoms with Gasteiger partial charge in [0.2, 0.25) is 17.7 Å². The van der Waals surface area contributed by atoms with Crippen LogP contribution in [0.15, 0.2) is 30.9 Å². The lowest BCUT2D eigenvalue weighted by Crippen LogP contribution is -2.54. The van der Waals surface area contributed by atoms with Crippen molar-refractivity contribution >= 4 is 23.4 Å². The minimum atomic E-state index is -1.43. The Bertz CT molecular complexity index is 852. The second kappa shape index (κ2) is 5.48. The van der Waals surface area contributed by atoms with Crippen molar-refractivity contribution in [1.82, 2.24) is 10.2 Å². The summed E-state index contributed by atoms with van der Waals surface area (Å²) in [7, 11) is 0. The van der Waals surface area contributed by atoms with Crippen molar-refractivity contribution in [2.24, 2.45) is 17.8 Å². The normalized spacial score (nSPS) is 32.4. The van der Waals surface area contributed by atoms with E-state index in [9.17, 15) is 18.8 Å². The largest absolute Gasteiger partial charge is 0.324 e. The van der Waals surface area contributed by atoms with Crippen LogP contribution >= 0.6 is 0 Å². The van der Waals surface area contributed by atoms with Crippen LogP contribution in [0.2, 0.25) is 0 Å². The molecule has 136 valence electrons. The number of anilines is 1. The van der Waals surface area contributed by atoms with Crippen molar-refractivity contribution in [3.05, 3.63) is 42.2 Å². The third-order valence-corrected chi connectivity index (χ3v) is 5.73. The molecule has 0 aliphatic carbocycles. The molecule has 2 fully saturated rings. The van der Waals surface area contributed by atoms with Crippen LogP contribution in [-0.4, -0.2) is 35.2 Å². The van der Waals surface area contributed by atoms with E-state index in [-0.39, 0.29) is 24.4 Å². The Morgan fingerprint density at radius 1 is 1.31 bits per heavy atom. The number of hydrogen-bond donors (Lipinski definition) is 2. The second-order valence-electron chi connectivity index (χ2n) is 7.45. The number of hydrogen-bond acceptors (Lipinski definition) is 4. The van der Waals surface area contributed by atoms with Crippen molar-refractivity contribution in [3.63, 3.8) is 0 Å². The Kier molecular flexibility index (Phi) is 3.56. The van der Waals surface area contributed by atoms with Crippen LogP contribution in [0.4, 0.5) is 10.1 Å². The number of nitrogens with one attached hydrogen (secondary N) is 2. The fourth-order valence-corrected chi connectivity index (χ4v) is 4.65. The third-order valence-electron chi connectivity index (χ3n) is 5.73. The number of likely N-dealkylation sites (tertiary alicyclic amines) is 1. The van der Waals surface area contributed by atoms with Gasteiger partial charge in [-0.3, -0.25) is 24.6 Å². The molecule has 26 heavy (non-hydrogen) atoms. The van der Waals surface area contributed by atoms with Gasteiger partial charge >= 0.3 is 0 Å². The maximum atomic E-state index is 14.0. The summed E-state index contributed by atoms with van der Waals surface area (Å²) >= 11 is 0. The van der Waals surface area contributed by atoms with Crippen LogP contribution in [0.3, 0.4) is 0 Å². The van der Waals surface area contributed by atoms with Gasteiger partial charge in [-0.25, -0.2) is 4.39 Å². The third kappa shape index (κ3) is 1.92. The summed E-state index contributed by atoms with van der Waals surface area (Å²) in [6.45, 7) is 7.57. The minimum Gasteiger partial charge on any atom is -0.324 e. The van der Waals surface area contributed by atoms with E-state index in [0.29, 0.717) is 11.3 Å². The van der Waals surface area contributed by atoms with E-state index in [1.165, 1.54) is 24.3 Å². The van der Waals surface area contributed by atoms with Crippen molar-refractivity contribution in [2.45, 2.75) is 25.4 Å². The van der Waals surface area contributed by atoms with Gasteiger partial charge in [-0.15, -0.1) is 6.58 Å². The average molecular weight is 357 g/mol. The minimum absolute atomic E-state index is 0.00714. The van der Waals surface area contributed by atoms with Gasteiger partial charge in [0.25, 0.3) is 0 Å². The Morgan fingerprint density at radius 3 is 2.69 bits per heavy atom. The van der Waals surface area contributed by atoms with Crippen LogP contribution in [0, 0.1) is 23.6 Å². The molecule has 3 amide bonds. The van der Waals surface area contributed by atoms with Gasteiger partial charge in [0.1, 0.15) is 11.4 Å². The average Bonchev–Trinajstić information content (AvgIpc) is 3.17. The van der Waals surface area contributed by atoms with E-state index in [1.807, 2.05) is 13.8 Å². The SMILES string of the molecule is C=CCN1C(=O)[C@@H]2[C@H](C(C)C)N[C@@]3(C(=O)Nc4ccc(F)cc43)[C@H]2C1=O. The molecule has 3 aliphatic rings. The fraction of sp³-hybridized carbons (Fsp3) is 0.421. The molecule has 1 spiro atoms. The molecule has 0 bridgehead atoms. The molecule has 1 aromatic rings. The van der Waals surface area contributed by atoms with E-state index >= 15 is 0 Å². The summed E-state index contributed by atoms with van der Waals surface area (Å²) in [6.07, 6.45) is 1.49. The second-order valence-corrected chi connectivity index (χ2v) is 7.45. The molecule has 2 N–H and O–H groups in total. The van der Waals surface area contributed by atoms with Crippen molar-refractivity contribution in [1.29, 1.82) is 0 Å². The van der Waals surface area contributed by atoms with Gasteiger partial charge in [0, 0.05) is 23.8 Å². The molecule has 0 unspecified atom stereocenters. The summed E-state index contributed by atoms with van der Waals surface area (Å²) in [5.41, 5.74) is -0.573. The van der Waals surface area contributed by atoms with Gasteiger partial charge < -0.3 is 5.32 Å². The Hall–Kier alpha value is -2.54. The van der Waals surface area contributed by atoms with E-state index in [2.05, 4.69) is 17.2 Å². The first kappa shape index (κ1) is 16.9. The monoisotopic (exact) mass is 357 g/mol. The quantitative estimate of drug-likeness (QED) is 0.633. The number of rotatable bonds is 3. The lowest BCUT2D eigenvalue weighted by Gasteiger charge is -2.30. The van der Waals surface area contributed by atoms with Gasteiger partial charge in [0.05, 0.1) is 11.8 Å². The highest BCUT2D eigenvalue weighted by atomic mass is 19.1. The number of imide groups is 1. The molecule has 4 atom stereocenters. The maximum Gasteiger partial charge on any atom is 0.250 e. The molecule has 3 heterocycles. The lowest BCUT2D eigenvalue weighted by molar-refractivity contribution is -0.142. The fourth-order valence-electron chi connectivity index (χ4n) is 4.65. The van der Waals surface area contributed by atoms with Gasteiger partial charge in [-0.1, -0.05) is 19.9 Å². The molecular weight excluding hydrogens is 337 g/mol. The zero-order valence-electron chi connectivity index (χ0n) is 14.6. The van der Waals surface area contributed by atoms with E-state index in [0.717, 1.165) is 4.90 Å². The zero-order chi connectivity index (χ0) is 18.8. The van der Waals surface area contributed by atoms with E-state index in [4.69, 9.17) is 0 Å². The number of amides is 3. The molecule has 1 aromatic carbocycles. The predicted molar refractivity (Wildman–Crippen MR) is 92.4 cm³/mol. The molecule has 3 aliphatic heterocycles. The summed E-state index contributed by atoms with van der Waals surface area (Å²) in [5, 5.41) is 5.99. The standard InChI is InChI=1S/C19H20FN3O3/c1-4-7-23-16(24)13-14(17(23)25)19(22-15(13)9(2)3)11-8-10(20)5-6-12(11)21-18(19)26/h4-6,8-9,13-15,22H,1,7H2,2-3H3,(H,21,26)/t13-,14+,15-,19+/m0/s1. The van der Waals surface area contributed by atoms with Crippen LogP contribution in [0.5, 0.6) is 0 Å². The van der Waals surface area contributed by atoms with Crippen LogP contribution in [-0.2, 0) is 19.9 Å². The summed E-state index contributed by atoms with van der Waals surface area (Å²) in [6, 6.07) is 3.65. The lowest BCUT2D eigenvalue weighted by atomic mass is 9.76. The molecule has 6 nitrogen and oxygen atoms in total. The molecule has 0 saturated carbocycles. The number of halogens is 1. The summed E-state index contributed by atoms with van der Waals surface area (Å²) < 4.78 is 14.0. The Labute approximate surface area is 150 Å². The Balaban J connectivity index is 1.92. The highest BCUT2D eigenvalue weighted by Gasteiger charge is 2.70. The molecule has 4 rings (SSSR count). The van der Waals surface area contributed by atoms with Crippen LogP contribution in [0.1, 0.15) is 19.4 Å². The van der Waals surface area contributed by atoms with Crippen LogP contribution < -0.4 is 10.6 Å². The summed E-state index contributed by atoms with van der Waals surface area (Å²) in [4.78, 5) is 40.2. The van der Waals surface area contributed by atoms with Gasteiger partial charge in [-0.2, -0.15) is 0 Å². The van der Waals surface area contributed by atoms with Crippen molar-refractivity contribution in [2.75, 3.05) is 11.9 Å². The first-order valence-corrected chi connectivity index (χ1v) is 8.68. The van der Waals surface area contributed by atoms with E-state index in [1.54, 1.807) is 0 Å². The molecule has 0 aromatic heterocycles. The Morgan fingerprint density at radius 2 is 2.04 bits per heavy atom. The first-order valence-electron chi connectivity index (χ1n) is 8.68. The van der Waals surface area contributed by atoms with Crippen molar-refractivity contribution in [3.8, 4) is 0 Å². The number of carbonyl (C=O) groups excluding carboxylic acids is 3. The maximum absolute atomic E-state index is 14.0. The molecular formula is C19H20FN3O3. The molecule has 0 radical (unpaired) electrons. The first-order chi connectivity index (χ1) is 12.3. The number of benzene rings is 1. The topological polar surface area (TPSA) is 78.5 Å². The number of nitrogens with zero attached hydrogens (tertiary/aromatic N) is 1. The smallest absolute Gasteiger partial charge is 0.250 e. The zero-order valence-corrected chi connectivity index (χ0v) is 14.6.